The van der Waals surface area contributed by atoms with Crippen LogP contribution >= 0.6 is 0 Å². The van der Waals surface area contributed by atoms with E-state index in [1.165, 1.54) is 32.1 Å². The van der Waals surface area contributed by atoms with Gasteiger partial charge in [-0.25, -0.2) is 0 Å². The Bertz CT molecular complexity index is 122. The molecular weight excluding hydrogens is 112 g/mol. The zero-order chi connectivity index (χ0) is 6.32. The summed E-state index contributed by atoms with van der Waals surface area (Å²) in [5.74, 6) is 0. The van der Waals surface area contributed by atoms with Crippen LogP contribution in [0.2, 0.25) is 0 Å². The predicted octanol–water partition coefficient (Wildman–Crippen LogP) is 2.11. The summed E-state index contributed by atoms with van der Waals surface area (Å²) in [6.45, 7) is 2.25. The van der Waals surface area contributed by atoms with Gasteiger partial charge in [-0.3, -0.25) is 0 Å². The van der Waals surface area contributed by atoms with Crippen LogP contribution in [0.15, 0.2) is 0 Å². The Morgan fingerprint density at radius 1 is 1.33 bits per heavy atom. The molecule has 2 fully saturated rings. The van der Waals surface area contributed by atoms with Crippen LogP contribution in [0, 0.1) is 0 Å². The maximum Gasteiger partial charge on any atom is 0.0920 e. The normalized spacial score (nSPS) is 49.7. The maximum atomic E-state index is 5.55. The quantitative estimate of drug-likeness (QED) is 0.453. The summed E-state index contributed by atoms with van der Waals surface area (Å²) in [6.07, 6.45) is 7.46. The average Bonchev–Trinajstić information content (AvgIpc) is 2.40. The Balaban J connectivity index is 2.00. The van der Waals surface area contributed by atoms with Gasteiger partial charge in [-0.15, -0.1) is 0 Å². The summed E-state index contributed by atoms with van der Waals surface area (Å²) in [6, 6.07) is 0. The molecule has 0 N–H and O–H groups in total. The van der Waals surface area contributed by atoms with Crippen molar-refractivity contribution < 1.29 is 4.74 Å². The third-order valence-electron chi connectivity index (χ3n) is 2.67. The van der Waals surface area contributed by atoms with Crippen molar-refractivity contribution in [2.24, 2.45) is 0 Å². The van der Waals surface area contributed by atoms with Gasteiger partial charge in [-0.05, 0) is 19.8 Å². The summed E-state index contributed by atoms with van der Waals surface area (Å²) >= 11 is 0. The second kappa shape index (κ2) is 1.72. The molecular formula is C8H14O. The molecule has 2 atom stereocenters. The van der Waals surface area contributed by atoms with Gasteiger partial charge in [0.25, 0.3) is 0 Å². The van der Waals surface area contributed by atoms with Crippen molar-refractivity contribution in [3.05, 3.63) is 0 Å². The highest BCUT2D eigenvalue weighted by Gasteiger charge is 2.51. The highest BCUT2D eigenvalue weighted by Crippen LogP contribution is 2.45. The SMILES string of the molecule is CC12CCCCCC1O2. The van der Waals surface area contributed by atoms with Crippen molar-refractivity contribution >= 4 is 0 Å². The third kappa shape index (κ3) is 0.877. The van der Waals surface area contributed by atoms with Crippen molar-refractivity contribution in [1.82, 2.24) is 0 Å². The van der Waals surface area contributed by atoms with E-state index in [9.17, 15) is 0 Å². The highest BCUT2D eigenvalue weighted by molar-refractivity contribution is 4.99. The lowest BCUT2D eigenvalue weighted by Crippen LogP contribution is -2.06. The molecule has 9 heavy (non-hydrogen) atoms. The van der Waals surface area contributed by atoms with E-state index in [0.29, 0.717) is 11.7 Å². The van der Waals surface area contributed by atoms with E-state index in [4.69, 9.17) is 4.74 Å². The molecule has 2 rings (SSSR count). The Kier molecular flexibility index (Phi) is 1.10. The Morgan fingerprint density at radius 2 is 2.22 bits per heavy atom. The molecule has 1 saturated carbocycles. The number of rotatable bonds is 0. The summed E-state index contributed by atoms with van der Waals surface area (Å²) < 4.78 is 5.55. The Labute approximate surface area is 56.4 Å². The predicted molar refractivity (Wildman–Crippen MR) is 36.4 cm³/mol. The minimum Gasteiger partial charge on any atom is -0.366 e. The molecule has 0 amide bonds. The number of fused-ring (bicyclic) bond motifs is 1. The van der Waals surface area contributed by atoms with Crippen molar-refractivity contribution in [2.75, 3.05) is 0 Å². The number of hydrogen-bond donors (Lipinski definition) is 0. The monoisotopic (exact) mass is 126 g/mol. The van der Waals surface area contributed by atoms with Gasteiger partial charge in [0.2, 0.25) is 0 Å². The van der Waals surface area contributed by atoms with Crippen LogP contribution in [0.25, 0.3) is 0 Å². The second-order valence-electron chi connectivity index (χ2n) is 3.52. The summed E-state index contributed by atoms with van der Waals surface area (Å²) in [4.78, 5) is 0. The van der Waals surface area contributed by atoms with Gasteiger partial charge < -0.3 is 4.74 Å². The molecule has 0 bridgehead atoms. The fourth-order valence-electron chi connectivity index (χ4n) is 1.86. The second-order valence-corrected chi connectivity index (χ2v) is 3.52. The van der Waals surface area contributed by atoms with Crippen molar-refractivity contribution in [3.8, 4) is 0 Å². The lowest BCUT2D eigenvalue weighted by molar-refractivity contribution is 0.278. The zero-order valence-corrected chi connectivity index (χ0v) is 6.02. The zero-order valence-electron chi connectivity index (χ0n) is 6.02. The minimum atomic E-state index is 0.330. The third-order valence-corrected chi connectivity index (χ3v) is 2.67. The first-order valence-corrected chi connectivity index (χ1v) is 3.99. The maximum absolute atomic E-state index is 5.55. The molecule has 0 spiro atoms. The fraction of sp³-hybridized carbons (Fsp3) is 1.00. The molecule has 0 aromatic heterocycles. The topological polar surface area (TPSA) is 12.5 Å². The minimum absolute atomic E-state index is 0.330. The first-order chi connectivity index (χ1) is 4.31. The summed E-state index contributed by atoms with van der Waals surface area (Å²) in [7, 11) is 0. The summed E-state index contributed by atoms with van der Waals surface area (Å²) in [5.41, 5.74) is 0.330. The molecule has 0 aromatic rings. The fourth-order valence-corrected chi connectivity index (χ4v) is 1.86. The molecule has 1 aliphatic carbocycles. The number of ether oxygens (including phenoxy) is 1. The van der Waals surface area contributed by atoms with Crippen LogP contribution in [0.4, 0.5) is 0 Å². The van der Waals surface area contributed by atoms with E-state index in [2.05, 4.69) is 6.92 Å². The Morgan fingerprint density at radius 3 is 3.11 bits per heavy atom. The smallest absolute Gasteiger partial charge is 0.0920 e. The van der Waals surface area contributed by atoms with Crippen LogP contribution in [0.3, 0.4) is 0 Å². The van der Waals surface area contributed by atoms with Gasteiger partial charge in [0, 0.05) is 0 Å². The van der Waals surface area contributed by atoms with Crippen LogP contribution in [0.5, 0.6) is 0 Å². The van der Waals surface area contributed by atoms with Gasteiger partial charge in [-0.2, -0.15) is 0 Å². The van der Waals surface area contributed by atoms with Crippen molar-refractivity contribution in [2.45, 2.75) is 50.7 Å². The molecule has 52 valence electrons. The lowest BCUT2D eigenvalue weighted by Gasteiger charge is -1.99. The van der Waals surface area contributed by atoms with E-state index in [0.717, 1.165) is 0 Å². The van der Waals surface area contributed by atoms with E-state index in [1.807, 2.05) is 0 Å². The van der Waals surface area contributed by atoms with Gasteiger partial charge in [0.15, 0.2) is 0 Å². The number of hydrogen-bond acceptors (Lipinski definition) is 1. The average molecular weight is 126 g/mol. The number of epoxide rings is 1. The molecule has 2 unspecified atom stereocenters. The van der Waals surface area contributed by atoms with Crippen molar-refractivity contribution in [1.29, 1.82) is 0 Å². The molecule has 1 saturated heterocycles. The van der Waals surface area contributed by atoms with Gasteiger partial charge in [-0.1, -0.05) is 19.3 Å². The van der Waals surface area contributed by atoms with Crippen molar-refractivity contribution in [3.63, 3.8) is 0 Å². The van der Waals surface area contributed by atoms with Gasteiger partial charge in [0.1, 0.15) is 0 Å². The van der Waals surface area contributed by atoms with E-state index in [1.54, 1.807) is 0 Å². The largest absolute Gasteiger partial charge is 0.366 e. The summed E-state index contributed by atoms with van der Waals surface area (Å²) in [5, 5.41) is 0. The lowest BCUT2D eigenvalue weighted by atomic mass is 10.0. The van der Waals surface area contributed by atoms with Crippen LogP contribution in [-0.2, 0) is 4.74 Å². The van der Waals surface area contributed by atoms with Gasteiger partial charge >= 0.3 is 0 Å². The van der Waals surface area contributed by atoms with Gasteiger partial charge in [0.05, 0.1) is 11.7 Å². The van der Waals surface area contributed by atoms with E-state index >= 15 is 0 Å². The van der Waals surface area contributed by atoms with Crippen LogP contribution in [-0.4, -0.2) is 11.7 Å². The van der Waals surface area contributed by atoms with Crippen LogP contribution in [0.1, 0.15) is 39.0 Å². The molecule has 1 heterocycles. The first-order valence-electron chi connectivity index (χ1n) is 3.99. The highest BCUT2D eigenvalue weighted by atomic mass is 16.6. The molecule has 1 nitrogen and oxygen atoms in total. The van der Waals surface area contributed by atoms with E-state index in [-0.39, 0.29) is 0 Å². The molecule has 2 aliphatic rings. The Hall–Kier alpha value is -0.0400. The molecule has 0 aromatic carbocycles. The van der Waals surface area contributed by atoms with Crippen LogP contribution < -0.4 is 0 Å². The standard InChI is InChI=1S/C8H14O/c1-8-6-4-2-3-5-7(8)9-8/h7H,2-6H2,1H3. The van der Waals surface area contributed by atoms with E-state index < -0.39 is 0 Å². The molecule has 0 radical (unpaired) electrons. The molecule has 1 heteroatoms. The first kappa shape index (κ1) is 5.72. The molecule has 1 aliphatic heterocycles.